The summed E-state index contributed by atoms with van der Waals surface area (Å²) in [6.45, 7) is 5.57. The van der Waals surface area contributed by atoms with Gasteiger partial charge in [0.2, 0.25) is 5.91 Å². The summed E-state index contributed by atoms with van der Waals surface area (Å²) in [4.78, 5) is 16.8. The molecule has 1 spiro atoms. The number of hydrogen-bond acceptors (Lipinski definition) is 4. The van der Waals surface area contributed by atoms with E-state index < -0.39 is 0 Å². The zero-order valence-corrected chi connectivity index (χ0v) is 16.5. The van der Waals surface area contributed by atoms with Gasteiger partial charge < -0.3 is 4.90 Å². The van der Waals surface area contributed by atoms with Gasteiger partial charge in [-0.25, -0.2) is 0 Å². The first-order valence-corrected chi connectivity index (χ1v) is 10.5. The zero-order valence-electron chi connectivity index (χ0n) is 15.7. The molecule has 27 heavy (non-hydrogen) atoms. The lowest BCUT2D eigenvalue weighted by atomic mass is 9.92. The number of nitriles is 1. The minimum absolute atomic E-state index is 0.197. The van der Waals surface area contributed by atoms with E-state index in [0.717, 1.165) is 32.6 Å². The van der Waals surface area contributed by atoms with E-state index in [0.29, 0.717) is 17.0 Å². The highest BCUT2D eigenvalue weighted by atomic mass is 32.1. The summed E-state index contributed by atoms with van der Waals surface area (Å²) < 4.78 is 0. The fourth-order valence-corrected chi connectivity index (χ4v) is 5.08. The summed E-state index contributed by atoms with van der Waals surface area (Å²) in [6, 6.07) is 12.6. The minimum Gasteiger partial charge on any atom is -0.335 e. The highest BCUT2D eigenvalue weighted by Crippen LogP contribution is 2.57. The number of rotatable bonds is 5. The number of nitrogens with zero attached hydrogens (tertiary/aromatic N) is 3. The zero-order chi connectivity index (χ0) is 18.9. The number of hydrogen-bond donors (Lipinski definition) is 0. The van der Waals surface area contributed by atoms with Crippen molar-refractivity contribution in [1.82, 2.24) is 9.80 Å². The van der Waals surface area contributed by atoms with Gasteiger partial charge in [0.25, 0.3) is 0 Å². The molecule has 1 aliphatic heterocycles. The van der Waals surface area contributed by atoms with E-state index in [9.17, 15) is 4.79 Å². The SMILES string of the molecule is CC(=O)N(Cc1ccsc1)[C@H]1CC12CCN(Cc1ccc(C#N)cc1)CC2. The summed E-state index contributed by atoms with van der Waals surface area (Å²) in [5, 5.41) is 13.1. The van der Waals surface area contributed by atoms with Gasteiger partial charge in [-0.05, 0) is 77.9 Å². The van der Waals surface area contributed by atoms with E-state index in [2.05, 4.69) is 44.8 Å². The van der Waals surface area contributed by atoms with Crippen LogP contribution in [-0.4, -0.2) is 34.8 Å². The Hall–Kier alpha value is -2.16. The topological polar surface area (TPSA) is 47.3 Å². The third kappa shape index (κ3) is 3.92. The lowest BCUT2D eigenvalue weighted by Crippen LogP contribution is -2.39. The average Bonchev–Trinajstić information content (AvgIpc) is 3.11. The van der Waals surface area contributed by atoms with Crippen molar-refractivity contribution >= 4 is 17.2 Å². The van der Waals surface area contributed by atoms with Crippen LogP contribution in [0.4, 0.5) is 0 Å². The number of piperidine rings is 1. The molecule has 0 bridgehead atoms. The Morgan fingerprint density at radius 2 is 2.00 bits per heavy atom. The second kappa shape index (κ2) is 7.46. The largest absolute Gasteiger partial charge is 0.335 e. The molecule has 1 amide bonds. The Kier molecular flexibility index (Phi) is 5.03. The fourth-order valence-electron chi connectivity index (χ4n) is 4.42. The highest BCUT2D eigenvalue weighted by molar-refractivity contribution is 7.07. The van der Waals surface area contributed by atoms with E-state index in [1.165, 1.54) is 24.0 Å². The molecule has 1 saturated heterocycles. The van der Waals surface area contributed by atoms with E-state index in [4.69, 9.17) is 5.26 Å². The summed E-state index contributed by atoms with van der Waals surface area (Å²) in [5.41, 5.74) is 3.56. The van der Waals surface area contributed by atoms with Crippen LogP contribution in [0.25, 0.3) is 0 Å². The molecular weight excluding hydrogens is 354 g/mol. The maximum atomic E-state index is 12.2. The van der Waals surface area contributed by atoms with Gasteiger partial charge in [-0.15, -0.1) is 0 Å². The van der Waals surface area contributed by atoms with Crippen LogP contribution < -0.4 is 0 Å². The molecule has 4 rings (SSSR count). The van der Waals surface area contributed by atoms with Crippen molar-refractivity contribution in [2.75, 3.05) is 13.1 Å². The van der Waals surface area contributed by atoms with Gasteiger partial charge in [-0.2, -0.15) is 16.6 Å². The van der Waals surface area contributed by atoms with Crippen LogP contribution in [0.3, 0.4) is 0 Å². The quantitative estimate of drug-likeness (QED) is 0.788. The van der Waals surface area contributed by atoms with Crippen LogP contribution in [0.2, 0.25) is 0 Å². The van der Waals surface area contributed by atoms with Crippen molar-refractivity contribution in [2.24, 2.45) is 5.41 Å². The van der Waals surface area contributed by atoms with Crippen molar-refractivity contribution < 1.29 is 4.79 Å². The molecule has 4 nitrogen and oxygen atoms in total. The molecule has 1 aliphatic carbocycles. The molecule has 1 aromatic heterocycles. The first-order valence-electron chi connectivity index (χ1n) is 9.59. The first kappa shape index (κ1) is 18.2. The molecule has 2 aliphatic rings. The Morgan fingerprint density at radius 3 is 2.59 bits per heavy atom. The Labute approximate surface area is 165 Å². The Bertz CT molecular complexity index is 829. The Morgan fingerprint density at radius 1 is 1.26 bits per heavy atom. The normalized spacial score (nSPS) is 21.0. The fraction of sp³-hybridized carbons (Fsp3) is 0.455. The van der Waals surface area contributed by atoms with Gasteiger partial charge in [0, 0.05) is 26.1 Å². The minimum atomic E-state index is 0.197. The third-order valence-corrected chi connectivity index (χ3v) is 6.93. The summed E-state index contributed by atoms with van der Waals surface area (Å²) in [5.74, 6) is 0.197. The molecule has 0 N–H and O–H groups in total. The smallest absolute Gasteiger partial charge is 0.220 e. The molecule has 140 valence electrons. The van der Waals surface area contributed by atoms with E-state index in [1.807, 2.05) is 12.1 Å². The van der Waals surface area contributed by atoms with Crippen molar-refractivity contribution in [3.8, 4) is 6.07 Å². The van der Waals surface area contributed by atoms with Crippen LogP contribution in [0, 0.1) is 16.7 Å². The molecule has 2 aromatic rings. The number of amides is 1. The molecule has 2 heterocycles. The van der Waals surface area contributed by atoms with Crippen molar-refractivity contribution in [3.05, 3.63) is 57.8 Å². The molecule has 2 fully saturated rings. The van der Waals surface area contributed by atoms with Gasteiger partial charge >= 0.3 is 0 Å². The van der Waals surface area contributed by atoms with Crippen LogP contribution >= 0.6 is 11.3 Å². The Balaban J connectivity index is 1.33. The molecule has 1 saturated carbocycles. The van der Waals surface area contributed by atoms with E-state index >= 15 is 0 Å². The summed E-state index contributed by atoms with van der Waals surface area (Å²) >= 11 is 1.69. The predicted octanol–water partition coefficient (Wildman–Crippen LogP) is 4.02. The molecule has 0 radical (unpaired) electrons. The molecular formula is C22H25N3OS. The van der Waals surface area contributed by atoms with E-state index in [1.54, 1.807) is 18.3 Å². The maximum Gasteiger partial charge on any atom is 0.220 e. The number of benzene rings is 1. The lowest BCUT2D eigenvalue weighted by molar-refractivity contribution is -0.130. The molecule has 1 aromatic carbocycles. The van der Waals surface area contributed by atoms with Gasteiger partial charge in [0.1, 0.15) is 0 Å². The average molecular weight is 380 g/mol. The number of likely N-dealkylation sites (tertiary alicyclic amines) is 1. The van der Waals surface area contributed by atoms with Crippen LogP contribution in [0.5, 0.6) is 0 Å². The summed E-state index contributed by atoms with van der Waals surface area (Å²) in [7, 11) is 0. The van der Waals surface area contributed by atoms with Crippen molar-refractivity contribution in [1.29, 1.82) is 5.26 Å². The second-order valence-electron chi connectivity index (χ2n) is 7.95. The van der Waals surface area contributed by atoms with Gasteiger partial charge in [0.15, 0.2) is 0 Å². The predicted molar refractivity (Wildman–Crippen MR) is 107 cm³/mol. The summed E-state index contributed by atoms with van der Waals surface area (Å²) in [6.07, 6.45) is 3.49. The standard InChI is InChI=1S/C22H25N3OS/c1-17(26)25(15-20-6-11-27-16-20)21-12-22(21)7-9-24(10-8-22)14-19-4-2-18(13-23)3-5-19/h2-6,11,16,21H,7-10,12,14-15H2,1H3/t21-/m0/s1. The second-order valence-corrected chi connectivity index (χ2v) is 8.73. The van der Waals surface area contributed by atoms with Crippen LogP contribution in [0.15, 0.2) is 41.1 Å². The van der Waals surface area contributed by atoms with Gasteiger partial charge in [0.05, 0.1) is 11.6 Å². The highest BCUT2D eigenvalue weighted by Gasteiger charge is 2.58. The lowest BCUT2D eigenvalue weighted by Gasteiger charge is -2.34. The molecule has 5 heteroatoms. The van der Waals surface area contributed by atoms with Gasteiger partial charge in [-0.1, -0.05) is 12.1 Å². The number of carbonyl (C=O) groups is 1. The van der Waals surface area contributed by atoms with E-state index in [-0.39, 0.29) is 5.91 Å². The van der Waals surface area contributed by atoms with Crippen LogP contribution in [0.1, 0.15) is 42.9 Å². The number of thiophene rings is 1. The monoisotopic (exact) mass is 379 g/mol. The van der Waals surface area contributed by atoms with Crippen molar-refractivity contribution in [2.45, 2.75) is 45.3 Å². The van der Waals surface area contributed by atoms with Crippen molar-refractivity contribution in [3.63, 3.8) is 0 Å². The number of carbonyl (C=O) groups excluding carboxylic acids is 1. The first-order chi connectivity index (χ1) is 13.1. The van der Waals surface area contributed by atoms with Gasteiger partial charge in [-0.3, -0.25) is 9.69 Å². The molecule has 0 unspecified atom stereocenters. The van der Waals surface area contributed by atoms with Crippen LogP contribution in [-0.2, 0) is 17.9 Å². The maximum absolute atomic E-state index is 12.2. The molecule has 1 atom stereocenters. The third-order valence-electron chi connectivity index (χ3n) is 6.20.